The molecule has 0 unspecified atom stereocenters. The number of nitrogens with two attached hydrogens (primary N) is 1. The monoisotopic (exact) mass is 337 g/mol. The van der Waals surface area contributed by atoms with E-state index in [4.69, 9.17) is 5.73 Å². The molecule has 0 amide bonds. The van der Waals surface area contributed by atoms with Crippen molar-refractivity contribution < 1.29 is 9.50 Å². The molecule has 0 bridgehead atoms. The number of phenolic OH excluding ortho intramolecular Hbond substituents is 1. The van der Waals surface area contributed by atoms with Crippen LogP contribution in [-0.2, 0) is 7.05 Å². The fraction of sp³-hybridized carbons (Fsp3) is 0.0833. The van der Waals surface area contributed by atoms with Crippen LogP contribution in [0, 0.1) is 5.82 Å². The van der Waals surface area contributed by atoms with Crippen molar-refractivity contribution in [2.45, 2.75) is 0 Å². The Morgan fingerprint density at radius 3 is 2.85 bits per heavy atom. The summed E-state index contributed by atoms with van der Waals surface area (Å²) in [5.74, 6) is -1.02. The van der Waals surface area contributed by atoms with Gasteiger partial charge in [0.2, 0.25) is 5.95 Å². The molecule has 2 heterocycles. The fourth-order valence-corrected chi connectivity index (χ4v) is 2.40. The second-order valence-electron chi connectivity index (χ2n) is 4.23. The van der Waals surface area contributed by atoms with Crippen molar-refractivity contribution in [1.82, 2.24) is 19.7 Å². The molecule has 3 N–H and O–H groups in total. The van der Waals surface area contributed by atoms with Crippen molar-refractivity contribution in [3.63, 3.8) is 0 Å². The maximum Gasteiger partial charge on any atom is 0.222 e. The molecule has 102 valence electrons. The summed E-state index contributed by atoms with van der Waals surface area (Å²) in [5, 5.41) is 14.4. The van der Waals surface area contributed by atoms with Gasteiger partial charge in [-0.25, -0.2) is 14.1 Å². The standard InChI is InChI=1S/C12H9BrFN5O/c1-19-11-6(4-16-12(15)17-11)9(18-19)5-2-7(13)10(20)8(14)3-5/h2-4,20H,1H3,(H2,15,16,17). The van der Waals surface area contributed by atoms with E-state index in [0.717, 1.165) is 0 Å². The minimum Gasteiger partial charge on any atom is -0.504 e. The van der Waals surface area contributed by atoms with Crippen LogP contribution in [0.2, 0.25) is 0 Å². The van der Waals surface area contributed by atoms with Crippen molar-refractivity contribution in [3.8, 4) is 17.0 Å². The normalized spacial score (nSPS) is 11.2. The number of rotatable bonds is 1. The van der Waals surface area contributed by atoms with Gasteiger partial charge in [0.25, 0.3) is 0 Å². The Morgan fingerprint density at radius 2 is 2.15 bits per heavy atom. The van der Waals surface area contributed by atoms with Crippen LogP contribution >= 0.6 is 15.9 Å². The SMILES string of the molecule is Cn1nc(-c2cc(F)c(O)c(Br)c2)c2cnc(N)nc21. The zero-order chi connectivity index (χ0) is 14.4. The molecule has 1 aromatic carbocycles. The molecule has 0 fully saturated rings. The van der Waals surface area contributed by atoms with Crippen molar-refractivity contribution in [1.29, 1.82) is 0 Å². The van der Waals surface area contributed by atoms with E-state index in [9.17, 15) is 9.50 Å². The van der Waals surface area contributed by atoms with E-state index in [1.807, 2.05) is 0 Å². The summed E-state index contributed by atoms with van der Waals surface area (Å²) in [6, 6.07) is 2.79. The summed E-state index contributed by atoms with van der Waals surface area (Å²) < 4.78 is 15.4. The molecule has 20 heavy (non-hydrogen) atoms. The van der Waals surface area contributed by atoms with Crippen LogP contribution in [0.15, 0.2) is 22.8 Å². The van der Waals surface area contributed by atoms with Crippen LogP contribution in [0.25, 0.3) is 22.3 Å². The number of halogens is 2. The van der Waals surface area contributed by atoms with Gasteiger partial charge >= 0.3 is 0 Å². The Labute approximate surface area is 121 Å². The van der Waals surface area contributed by atoms with Crippen molar-refractivity contribution in [2.75, 3.05) is 5.73 Å². The van der Waals surface area contributed by atoms with Gasteiger partial charge in [0.1, 0.15) is 5.69 Å². The predicted octanol–water partition coefficient (Wildman–Crippen LogP) is 2.22. The maximum atomic E-state index is 13.6. The molecule has 0 aliphatic heterocycles. The highest BCUT2D eigenvalue weighted by Gasteiger charge is 2.16. The fourth-order valence-electron chi connectivity index (χ4n) is 1.97. The van der Waals surface area contributed by atoms with Crippen molar-refractivity contribution in [2.24, 2.45) is 7.05 Å². The van der Waals surface area contributed by atoms with Gasteiger partial charge in [0.15, 0.2) is 17.2 Å². The van der Waals surface area contributed by atoms with E-state index in [1.54, 1.807) is 24.0 Å². The summed E-state index contributed by atoms with van der Waals surface area (Å²) in [5.41, 5.74) is 7.12. The molecule has 6 nitrogen and oxygen atoms in total. The van der Waals surface area contributed by atoms with Gasteiger partial charge in [-0.15, -0.1) is 0 Å². The maximum absolute atomic E-state index is 13.6. The number of anilines is 1. The first kappa shape index (κ1) is 12.8. The topological polar surface area (TPSA) is 89.8 Å². The first-order chi connectivity index (χ1) is 9.47. The lowest BCUT2D eigenvalue weighted by Gasteiger charge is -2.03. The predicted molar refractivity (Wildman–Crippen MR) is 75.5 cm³/mol. The molecule has 0 atom stereocenters. The number of aromatic hydroxyl groups is 1. The second-order valence-corrected chi connectivity index (χ2v) is 5.08. The number of hydrogen-bond acceptors (Lipinski definition) is 5. The van der Waals surface area contributed by atoms with Crippen LogP contribution in [-0.4, -0.2) is 24.9 Å². The average molecular weight is 338 g/mol. The molecule has 0 radical (unpaired) electrons. The van der Waals surface area contributed by atoms with Gasteiger partial charge in [-0.05, 0) is 28.1 Å². The van der Waals surface area contributed by atoms with Crippen LogP contribution in [0.5, 0.6) is 5.75 Å². The van der Waals surface area contributed by atoms with Crippen LogP contribution in [0.1, 0.15) is 0 Å². The zero-order valence-corrected chi connectivity index (χ0v) is 11.9. The van der Waals surface area contributed by atoms with E-state index in [2.05, 4.69) is 31.0 Å². The van der Waals surface area contributed by atoms with Gasteiger partial charge < -0.3 is 10.8 Å². The van der Waals surface area contributed by atoms with Crippen molar-refractivity contribution >= 4 is 32.9 Å². The third kappa shape index (κ3) is 1.88. The number of fused-ring (bicyclic) bond motifs is 1. The number of phenols is 1. The number of hydrogen-bond donors (Lipinski definition) is 2. The van der Waals surface area contributed by atoms with Crippen LogP contribution in [0.3, 0.4) is 0 Å². The Hall–Kier alpha value is -2.22. The molecule has 3 rings (SSSR count). The smallest absolute Gasteiger partial charge is 0.222 e. The van der Waals surface area contributed by atoms with Crippen LogP contribution in [0.4, 0.5) is 10.3 Å². The number of aromatic nitrogens is 4. The molecule has 0 spiro atoms. The third-order valence-corrected chi connectivity index (χ3v) is 3.49. The quantitative estimate of drug-likeness (QED) is 0.710. The minimum atomic E-state index is -0.732. The zero-order valence-electron chi connectivity index (χ0n) is 10.3. The van der Waals surface area contributed by atoms with E-state index < -0.39 is 11.6 Å². The largest absolute Gasteiger partial charge is 0.504 e. The highest BCUT2D eigenvalue weighted by Crippen LogP contribution is 2.34. The molecule has 0 aliphatic carbocycles. The van der Waals surface area contributed by atoms with Crippen LogP contribution < -0.4 is 5.73 Å². The summed E-state index contributed by atoms with van der Waals surface area (Å²) >= 11 is 3.10. The number of nitrogens with zero attached hydrogens (tertiary/aromatic N) is 4. The minimum absolute atomic E-state index is 0.144. The first-order valence-corrected chi connectivity index (χ1v) is 6.40. The highest BCUT2D eigenvalue weighted by atomic mass is 79.9. The average Bonchev–Trinajstić information content (AvgIpc) is 2.72. The lowest BCUT2D eigenvalue weighted by molar-refractivity contribution is 0.429. The Kier molecular flexibility index (Phi) is 2.82. The number of nitrogen functional groups attached to an aromatic ring is 1. The number of aryl methyl sites for hydroxylation is 1. The highest BCUT2D eigenvalue weighted by molar-refractivity contribution is 9.10. The molecule has 0 aliphatic rings. The lowest BCUT2D eigenvalue weighted by atomic mass is 10.1. The van der Waals surface area contributed by atoms with Gasteiger partial charge in [-0.2, -0.15) is 10.1 Å². The summed E-state index contributed by atoms with van der Waals surface area (Å²) in [4.78, 5) is 8.02. The van der Waals surface area contributed by atoms with E-state index in [1.165, 1.54) is 6.07 Å². The van der Waals surface area contributed by atoms with Gasteiger partial charge in [-0.1, -0.05) is 0 Å². The summed E-state index contributed by atoms with van der Waals surface area (Å²) in [7, 11) is 1.71. The Bertz CT molecular complexity index is 809. The van der Waals surface area contributed by atoms with E-state index >= 15 is 0 Å². The molecule has 3 aromatic rings. The van der Waals surface area contributed by atoms with Crippen molar-refractivity contribution in [3.05, 3.63) is 28.6 Å². The van der Waals surface area contributed by atoms with Gasteiger partial charge in [0, 0.05) is 18.8 Å². The molecular weight excluding hydrogens is 329 g/mol. The van der Waals surface area contributed by atoms with Gasteiger partial charge in [0.05, 0.1) is 9.86 Å². The van der Waals surface area contributed by atoms with Gasteiger partial charge in [-0.3, -0.25) is 0 Å². The molecule has 0 saturated heterocycles. The van der Waals surface area contributed by atoms with E-state index in [0.29, 0.717) is 22.3 Å². The molecule has 8 heteroatoms. The number of benzene rings is 1. The first-order valence-electron chi connectivity index (χ1n) is 5.61. The third-order valence-electron chi connectivity index (χ3n) is 2.89. The van der Waals surface area contributed by atoms with E-state index in [-0.39, 0.29) is 10.4 Å². The molecule has 0 saturated carbocycles. The Balaban J connectivity index is 2.30. The lowest BCUT2D eigenvalue weighted by Crippen LogP contribution is -1.97. The summed E-state index contributed by atoms with van der Waals surface area (Å²) in [6.45, 7) is 0. The molecular formula is C12H9BrFN5O. The molecule has 2 aromatic heterocycles. The summed E-state index contributed by atoms with van der Waals surface area (Å²) in [6.07, 6.45) is 1.54. The Morgan fingerprint density at radius 1 is 1.40 bits per heavy atom. The second kappa shape index (κ2) is 4.41.